The van der Waals surface area contributed by atoms with Gasteiger partial charge in [0.15, 0.2) is 0 Å². The average molecular weight is 1150 g/mol. The van der Waals surface area contributed by atoms with Crippen LogP contribution in [0.15, 0.2) is 194 Å². The molecular formula is C68H63N4OPt-3. The molecule has 0 bridgehead atoms. The van der Waals surface area contributed by atoms with Crippen LogP contribution in [0.1, 0.15) is 103 Å². The van der Waals surface area contributed by atoms with Crippen LogP contribution in [0.4, 0.5) is 22.7 Å². The van der Waals surface area contributed by atoms with Crippen LogP contribution < -0.4 is 14.5 Å². The Morgan fingerprint density at radius 1 is 0.446 bits per heavy atom. The molecule has 0 N–H and O–H groups in total. The number of ether oxygens (including phenoxy) is 1. The van der Waals surface area contributed by atoms with Crippen molar-refractivity contribution in [3.63, 3.8) is 0 Å². The molecule has 0 atom stereocenters. The molecule has 0 saturated carbocycles. The maximum atomic E-state index is 6.84. The van der Waals surface area contributed by atoms with E-state index < -0.39 is 0 Å². The summed E-state index contributed by atoms with van der Waals surface area (Å²) >= 11 is 0. The molecule has 8 aromatic carbocycles. The van der Waals surface area contributed by atoms with Crippen LogP contribution in [0.3, 0.4) is 0 Å². The fourth-order valence-electron chi connectivity index (χ4n) is 10.3. The van der Waals surface area contributed by atoms with Gasteiger partial charge in [-0.25, -0.2) is 4.98 Å². The first kappa shape index (κ1) is 50.3. The molecule has 1 aliphatic heterocycles. The molecule has 11 rings (SSSR count). The summed E-state index contributed by atoms with van der Waals surface area (Å²) in [4.78, 5) is 9.63. The van der Waals surface area contributed by atoms with Crippen molar-refractivity contribution in [1.29, 1.82) is 0 Å². The summed E-state index contributed by atoms with van der Waals surface area (Å²) in [6.45, 7) is 25.0. The van der Waals surface area contributed by atoms with E-state index in [0.717, 1.165) is 50.4 Å². The van der Waals surface area contributed by atoms with Crippen molar-refractivity contribution in [2.24, 2.45) is 0 Å². The topological polar surface area (TPSA) is 33.5 Å². The largest absolute Gasteiger partial charge is 0.509 e. The molecular weight excluding hydrogens is 1080 g/mol. The summed E-state index contributed by atoms with van der Waals surface area (Å²) in [6, 6.07) is 75.0. The van der Waals surface area contributed by atoms with E-state index in [1.165, 1.54) is 44.5 Å². The van der Waals surface area contributed by atoms with Crippen molar-refractivity contribution in [3.05, 3.63) is 246 Å². The van der Waals surface area contributed by atoms with E-state index in [1.54, 1.807) is 0 Å². The fourth-order valence-corrected chi connectivity index (χ4v) is 10.3. The SMILES string of the molecule is CC(C)(C)c1cc(-c2ccccc2)cc(N2[CH-]N(c3[c-]c(Oc4[c-]c5c(cc4)c4cc(C(C)(C)c6ccccc6)ccc4n5-c4cc(C(C)(C)c5ccccc5)ccn4)ccc3)c3cc(C(C)(C)C)ccc32)c1.[Pt]. The predicted molar refractivity (Wildman–Crippen MR) is 304 cm³/mol. The van der Waals surface area contributed by atoms with Gasteiger partial charge in [0.2, 0.25) is 0 Å². The molecule has 3 heterocycles. The molecule has 5 nitrogen and oxygen atoms in total. The van der Waals surface area contributed by atoms with Crippen LogP contribution in [-0.4, -0.2) is 9.55 Å². The zero-order valence-electron chi connectivity index (χ0n) is 44.1. The average Bonchev–Trinajstić information content (AvgIpc) is 3.94. The minimum atomic E-state index is -0.260. The van der Waals surface area contributed by atoms with E-state index in [4.69, 9.17) is 9.72 Å². The van der Waals surface area contributed by atoms with Gasteiger partial charge in [-0.2, -0.15) is 12.1 Å². The number of pyridine rings is 1. The Morgan fingerprint density at radius 2 is 1.07 bits per heavy atom. The Morgan fingerprint density at radius 3 is 1.73 bits per heavy atom. The molecule has 0 amide bonds. The van der Waals surface area contributed by atoms with Crippen molar-refractivity contribution in [1.82, 2.24) is 9.55 Å². The Hall–Kier alpha value is -7.20. The summed E-state index contributed by atoms with van der Waals surface area (Å²) in [7, 11) is 0. The smallest absolute Gasteiger partial charge is 0.135 e. The number of nitrogens with zero attached hydrogens (tertiary/aromatic N) is 4. The minimum Gasteiger partial charge on any atom is -0.509 e. The van der Waals surface area contributed by atoms with Gasteiger partial charge in [0.05, 0.1) is 0 Å². The third kappa shape index (κ3) is 9.37. The monoisotopic (exact) mass is 1150 g/mol. The molecule has 74 heavy (non-hydrogen) atoms. The maximum absolute atomic E-state index is 6.84. The van der Waals surface area contributed by atoms with Crippen LogP contribution in [0.25, 0.3) is 38.8 Å². The second-order valence-electron chi connectivity index (χ2n) is 22.7. The second kappa shape index (κ2) is 19.3. The van der Waals surface area contributed by atoms with Crippen LogP contribution in [0, 0.1) is 18.8 Å². The van der Waals surface area contributed by atoms with Crippen molar-refractivity contribution >= 4 is 44.6 Å². The normalized spacial score (nSPS) is 13.1. The Labute approximate surface area is 452 Å². The summed E-state index contributed by atoms with van der Waals surface area (Å²) in [5.74, 6) is 2.00. The predicted octanol–water partition coefficient (Wildman–Crippen LogP) is 17.9. The van der Waals surface area contributed by atoms with Crippen molar-refractivity contribution in [3.8, 4) is 28.4 Å². The van der Waals surface area contributed by atoms with Gasteiger partial charge >= 0.3 is 0 Å². The van der Waals surface area contributed by atoms with Crippen LogP contribution >= 0.6 is 0 Å². The van der Waals surface area contributed by atoms with Crippen molar-refractivity contribution in [2.75, 3.05) is 9.80 Å². The first-order valence-corrected chi connectivity index (χ1v) is 25.5. The molecule has 10 aromatic rings. The van der Waals surface area contributed by atoms with E-state index in [0.29, 0.717) is 11.5 Å². The van der Waals surface area contributed by atoms with Gasteiger partial charge < -0.3 is 19.1 Å². The molecule has 0 aliphatic carbocycles. The van der Waals surface area contributed by atoms with E-state index in [1.807, 2.05) is 24.4 Å². The fraction of sp³-hybridized carbons (Fsp3) is 0.206. The number of anilines is 4. The second-order valence-corrected chi connectivity index (χ2v) is 22.7. The van der Waals surface area contributed by atoms with E-state index in [2.05, 4.69) is 272 Å². The third-order valence-electron chi connectivity index (χ3n) is 15.1. The number of hydrogen-bond donors (Lipinski definition) is 0. The van der Waals surface area contributed by atoms with Gasteiger partial charge in [0.25, 0.3) is 0 Å². The maximum Gasteiger partial charge on any atom is 0.135 e. The molecule has 6 heteroatoms. The van der Waals surface area contributed by atoms with Gasteiger partial charge in [-0.15, -0.1) is 48.1 Å². The number of hydrogen-bond acceptors (Lipinski definition) is 4. The zero-order chi connectivity index (χ0) is 50.9. The summed E-state index contributed by atoms with van der Waals surface area (Å²) in [5.41, 5.74) is 15.3. The van der Waals surface area contributed by atoms with Crippen LogP contribution in [0.5, 0.6) is 11.5 Å². The summed E-state index contributed by atoms with van der Waals surface area (Å²) in [6.07, 6.45) is 1.93. The molecule has 1 aliphatic rings. The van der Waals surface area contributed by atoms with Gasteiger partial charge in [-0.05, 0) is 103 Å². The van der Waals surface area contributed by atoms with Crippen LogP contribution in [0.2, 0.25) is 0 Å². The molecule has 0 spiro atoms. The number of rotatable bonds is 10. The quantitative estimate of drug-likeness (QED) is 0.128. The minimum absolute atomic E-state index is 0. The van der Waals surface area contributed by atoms with E-state index in [9.17, 15) is 0 Å². The van der Waals surface area contributed by atoms with Gasteiger partial charge in [-0.1, -0.05) is 190 Å². The third-order valence-corrected chi connectivity index (χ3v) is 15.1. The number of fused-ring (bicyclic) bond motifs is 4. The molecule has 0 unspecified atom stereocenters. The Balaban J connectivity index is 0.00000626. The first-order valence-electron chi connectivity index (χ1n) is 25.5. The van der Waals surface area contributed by atoms with Crippen LogP contribution in [-0.2, 0) is 42.7 Å². The van der Waals surface area contributed by atoms with Gasteiger partial charge in [-0.3, -0.25) is 0 Å². The summed E-state index contributed by atoms with van der Waals surface area (Å²) < 4.78 is 9.09. The Bertz CT molecular complexity index is 3660. The van der Waals surface area contributed by atoms with Gasteiger partial charge in [0.1, 0.15) is 5.82 Å². The molecule has 0 saturated heterocycles. The van der Waals surface area contributed by atoms with E-state index >= 15 is 0 Å². The molecule has 0 fully saturated rings. The zero-order valence-corrected chi connectivity index (χ0v) is 46.3. The first-order chi connectivity index (χ1) is 34.9. The molecule has 374 valence electrons. The molecule has 2 aromatic heterocycles. The summed E-state index contributed by atoms with van der Waals surface area (Å²) in [5, 5.41) is 2.21. The van der Waals surface area contributed by atoms with Crippen molar-refractivity contribution < 1.29 is 25.8 Å². The van der Waals surface area contributed by atoms with E-state index in [-0.39, 0.29) is 42.7 Å². The Kier molecular flexibility index (Phi) is 13.1. The number of aromatic nitrogens is 2. The molecule has 0 radical (unpaired) electrons. The number of benzene rings is 8. The van der Waals surface area contributed by atoms with Gasteiger partial charge in [0, 0.05) is 72.2 Å². The standard InChI is InChI=1S/C68H63N4O.Pt/c1-65(2,3)50-29-34-61-63(41-50)70(45-71(61)55-38-47(46-21-14-11-15-22-46)37-53(39-55)66(4,5)6)54-27-20-28-56(43-54)73-57-31-32-58-59-40-51(67(7,8)48-23-16-12-17-24-48)30-33-60(59)72(62(58)44-57)64-42-52(35-36-69-64)68(9,10)49-25-18-13-19-26-49;/h11-42,45H,1-10H3;/q-3;. The van der Waals surface area contributed by atoms with Crippen molar-refractivity contribution in [2.45, 2.75) is 90.9 Å².